The van der Waals surface area contributed by atoms with Crippen molar-refractivity contribution in [3.63, 3.8) is 0 Å². The molecule has 2 nitrogen and oxygen atoms in total. The molecular formula is C12H16Br2N2. The van der Waals surface area contributed by atoms with Crippen LogP contribution in [0, 0.1) is 0 Å². The molecule has 0 saturated carbocycles. The lowest BCUT2D eigenvalue weighted by Crippen LogP contribution is -2.50. The summed E-state index contributed by atoms with van der Waals surface area (Å²) in [5, 5.41) is 3.53. The van der Waals surface area contributed by atoms with E-state index < -0.39 is 0 Å². The normalized spacial score (nSPS) is 21.2. The van der Waals surface area contributed by atoms with Crippen LogP contribution < -0.4 is 10.2 Å². The average Bonchev–Trinajstić information content (AvgIpc) is 2.32. The molecule has 1 unspecified atom stereocenters. The molecule has 1 N–H and O–H groups in total. The number of anilines is 1. The monoisotopic (exact) mass is 346 g/mol. The van der Waals surface area contributed by atoms with Crippen molar-refractivity contribution in [3.05, 3.63) is 27.1 Å². The van der Waals surface area contributed by atoms with E-state index in [2.05, 4.69) is 67.2 Å². The smallest absolute Gasteiger partial charge is 0.0522 e. The van der Waals surface area contributed by atoms with E-state index in [1.807, 2.05) is 0 Å². The molecule has 4 heteroatoms. The van der Waals surface area contributed by atoms with Gasteiger partial charge < -0.3 is 10.2 Å². The number of nitrogens with zero attached hydrogens (tertiary/aromatic N) is 1. The van der Waals surface area contributed by atoms with Gasteiger partial charge in [0.15, 0.2) is 0 Å². The highest BCUT2D eigenvalue weighted by molar-refractivity contribution is 9.11. The minimum atomic E-state index is 0.611. The Balaban J connectivity index is 2.19. The maximum atomic E-state index is 3.62. The van der Waals surface area contributed by atoms with Gasteiger partial charge in [-0.15, -0.1) is 0 Å². The van der Waals surface area contributed by atoms with Gasteiger partial charge in [0, 0.05) is 34.6 Å². The molecule has 0 spiro atoms. The first kappa shape index (κ1) is 12.4. The lowest BCUT2D eigenvalue weighted by molar-refractivity contribution is 0.446. The van der Waals surface area contributed by atoms with Crippen molar-refractivity contribution in [3.8, 4) is 0 Å². The fourth-order valence-electron chi connectivity index (χ4n) is 2.05. The highest BCUT2D eigenvalue weighted by Gasteiger charge is 2.19. The van der Waals surface area contributed by atoms with Crippen LogP contribution >= 0.6 is 31.9 Å². The number of benzene rings is 1. The van der Waals surface area contributed by atoms with Gasteiger partial charge in [-0.25, -0.2) is 0 Å². The zero-order valence-corrected chi connectivity index (χ0v) is 12.5. The zero-order chi connectivity index (χ0) is 11.5. The first-order valence-electron chi connectivity index (χ1n) is 5.64. The van der Waals surface area contributed by atoms with Crippen LogP contribution in [0.4, 0.5) is 5.69 Å². The Bertz CT molecular complexity index is 368. The highest BCUT2D eigenvalue weighted by Crippen LogP contribution is 2.30. The molecule has 1 aromatic carbocycles. The summed E-state index contributed by atoms with van der Waals surface area (Å²) in [6.07, 6.45) is 1.18. The Morgan fingerprint density at radius 3 is 3.00 bits per heavy atom. The quantitative estimate of drug-likeness (QED) is 0.882. The average molecular weight is 348 g/mol. The second-order valence-electron chi connectivity index (χ2n) is 4.10. The third kappa shape index (κ3) is 2.79. The van der Waals surface area contributed by atoms with Crippen molar-refractivity contribution in [1.29, 1.82) is 0 Å². The number of hydrogen-bond donors (Lipinski definition) is 1. The van der Waals surface area contributed by atoms with E-state index in [0.717, 1.165) is 24.1 Å². The van der Waals surface area contributed by atoms with Crippen LogP contribution in [-0.4, -0.2) is 25.7 Å². The van der Waals surface area contributed by atoms with Crippen LogP contribution in [0.25, 0.3) is 0 Å². The van der Waals surface area contributed by atoms with Gasteiger partial charge in [0.25, 0.3) is 0 Å². The van der Waals surface area contributed by atoms with E-state index in [-0.39, 0.29) is 0 Å². The number of hydrogen-bond acceptors (Lipinski definition) is 2. The number of nitrogens with one attached hydrogen (secondary N) is 1. The summed E-state index contributed by atoms with van der Waals surface area (Å²) in [4.78, 5) is 2.44. The van der Waals surface area contributed by atoms with Gasteiger partial charge in [0.05, 0.1) is 5.69 Å². The molecule has 0 aromatic heterocycles. The second-order valence-corrected chi connectivity index (χ2v) is 5.87. The second kappa shape index (κ2) is 5.52. The van der Waals surface area contributed by atoms with Gasteiger partial charge >= 0.3 is 0 Å². The third-order valence-corrected chi connectivity index (χ3v) is 4.16. The zero-order valence-electron chi connectivity index (χ0n) is 9.34. The maximum absolute atomic E-state index is 3.62. The Kier molecular flexibility index (Phi) is 4.27. The predicted molar refractivity (Wildman–Crippen MR) is 76.1 cm³/mol. The van der Waals surface area contributed by atoms with Crippen LogP contribution in [0.5, 0.6) is 0 Å². The van der Waals surface area contributed by atoms with E-state index in [4.69, 9.17) is 0 Å². The SMILES string of the molecule is CCC1CN(c2cc(Br)ccc2Br)CCN1. The van der Waals surface area contributed by atoms with E-state index in [9.17, 15) is 0 Å². The van der Waals surface area contributed by atoms with E-state index >= 15 is 0 Å². The van der Waals surface area contributed by atoms with Gasteiger partial charge in [-0.05, 0) is 40.5 Å². The van der Waals surface area contributed by atoms with Crippen molar-refractivity contribution in [1.82, 2.24) is 5.32 Å². The lowest BCUT2D eigenvalue weighted by Gasteiger charge is -2.35. The molecule has 88 valence electrons. The standard InChI is InChI=1S/C12H16Br2N2/c1-2-10-8-16(6-5-15-10)12-7-9(13)3-4-11(12)14/h3-4,7,10,15H,2,5-6,8H2,1H3. The fraction of sp³-hybridized carbons (Fsp3) is 0.500. The van der Waals surface area contributed by atoms with Crippen molar-refractivity contribution in [2.75, 3.05) is 24.5 Å². The minimum Gasteiger partial charge on any atom is -0.368 e. The molecule has 2 rings (SSSR count). The molecule has 0 amide bonds. The third-order valence-electron chi connectivity index (χ3n) is 3.00. The topological polar surface area (TPSA) is 15.3 Å². The van der Waals surface area contributed by atoms with Crippen LogP contribution in [0.1, 0.15) is 13.3 Å². The van der Waals surface area contributed by atoms with Gasteiger partial charge in [0.2, 0.25) is 0 Å². The van der Waals surface area contributed by atoms with Crippen molar-refractivity contribution >= 4 is 37.5 Å². The van der Waals surface area contributed by atoms with Gasteiger partial charge in [-0.3, -0.25) is 0 Å². The molecule has 1 saturated heterocycles. The summed E-state index contributed by atoms with van der Waals surface area (Å²) in [5.41, 5.74) is 1.29. The fourth-order valence-corrected chi connectivity index (χ4v) is 2.89. The maximum Gasteiger partial charge on any atom is 0.0522 e. The molecule has 1 aliphatic heterocycles. The van der Waals surface area contributed by atoms with Crippen molar-refractivity contribution < 1.29 is 0 Å². The Morgan fingerprint density at radius 2 is 2.25 bits per heavy atom. The first-order valence-corrected chi connectivity index (χ1v) is 7.22. The molecule has 16 heavy (non-hydrogen) atoms. The van der Waals surface area contributed by atoms with Gasteiger partial charge in [-0.2, -0.15) is 0 Å². The summed E-state index contributed by atoms with van der Waals surface area (Å²) < 4.78 is 2.31. The molecule has 0 bridgehead atoms. The minimum absolute atomic E-state index is 0.611. The summed E-state index contributed by atoms with van der Waals surface area (Å²) in [7, 11) is 0. The molecule has 1 atom stereocenters. The van der Waals surface area contributed by atoms with Crippen LogP contribution in [0.3, 0.4) is 0 Å². The summed E-state index contributed by atoms with van der Waals surface area (Å²) in [5.74, 6) is 0. The molecule has 1 fully saturated rings. The molecule has 1 heterocycles. The van der Waals surface area contributed by atoms with E-state index in [1.54, 1.807) is 0 Å². The van der Waals surface area contributed by atoms with Crippen LogP contribution in [0.2, 0.25) is 0 Å². The van der Waals surface area contributed by atoms with Gasteiger partial charge in [0.1, 0.15) is 0 Å². The van der Waals surface area contributed by atoms with Crippen molar-refractivity contribution in [2.45, 2.75) is 19.4 Å². The lowest BCUT2D eigenvalue weighted by atomic mass is 10.1. The summed E-state index contributed by atoms with van der Waals surface area (Å²) >= 11 is 7.16. The predicted octanol–water partition coefficient (Wildman–Crippen LogP) is 3.40. The Hall–Kier alpha value is -0.0600. The van der Waals surface area contributed by atoms with Crippen LogP contribution in [-0.2, 0) is 0 Å². The van der Waals surface area contributed by atoms with Gasteiger partial charge in [-0.1, -0.05) is 22.9 Å². The highest BCUT2D eigenvalue weighted by atomic mass is 79.9. The van der Waals surface area contributed by atoms with Crippen LogP contribution in [0.15, 0.2) is 27.1 Å². The molecular weight excluding hydrogens is 332 g/mol. The van der Waals surface area contributed by atoms with Crippen molar-refractivity contribution in [2.24, 2.45) is 0 Å². The molecule has 0 aliphatic carbocycles. The number of halogens is 2. The largest absolute Gasteiger partial charge is 0.368 e. The number of piperazine rings is 1. The first-order chi connectivity index (χ1) is 7.70. The summed E-state index contributed by atoms with van der Waals surface area (Å²) in [6.45, 7) is 5.46. The Morgan fingerprint density at radius 1 is 1.44 bits per heavy atom. The molecule has 0 radical (unpaired) electrons. The Labute approximate surface area is 114 Å². The van der Waals surface area contributed by atoms with E-state index in [1.165, 1.54) is 16.6 Å². The van der Waals surface area contributed by atoms with E-state index in [0.29, 0.717) is 6.04 Å². The molecule has 1 aromatic rings. The summed E-state index contributed by atoms with van der Waals surface area (Å²) in [6, 6.07) is 6.96. The molecule has 1 aliphatic rings. The number of rotatable bonds is 2.